The van der Waals surface area contributed by atoms with Crippen molar-refractivity contribution in [1.82, 2.24) is 9.97 Å². The van der Waals surface area contributed by atoms with Crippen molar-refractivity contribution in [3.05, 3.63) is 39.2 Å². The maximum atomic E-state index is 4.42. The van der Waals surface area contributed by atoms with Gasteiger partial charge in [-0.05, 0) is 48.7 Å². The summed E-state index contributed by atoms with van der Waals surface area (Å²) in [5, 5.41) is 8.93. The first-order valence-corrected chi connectivity index (χ1v) is 7.92. The molecule has 0 saturated carbocycles. The fourth-order valence-corrected chi connectivity index (χ4v) is 3.85. The van der Waals surface area contributed by atoms with Crippen molar-refractivity contribution < 1.29 is 0 Å². The Morgan fingerprint density at radius 1 is 1.26 bits per heavy atom. The number of fused-ring (bicyclic) bond motifs is 1. The lowest BCUT2D eigenvalue weighted by molar-refractivity contribution is 0.881. The molecular formula is C14H15N3S2. The summed E-state index contributed by atoms with van der Waals surface area (Å²) in [6.07, 6.45) is 1.64. The lowest BCUT2D eigenvalue weighted by atomic mass is 10.1. The molecule has 1 atom stereocenters. The largest absolute Gasteiger partial charge is 0.363 e. The molecule has 0 spiro atoms. The maximum Gasteiger partial charge on any atom is 0.138 e. The van der Waals surface area contributed by atoms with Crippen LogP contribution in [0.15, 0.2) is 23.2 Å². The number of hydrogen-bond acceptors (Lipinski definition) is 5. The fourth-order valence-electron chi connectivity index (χ4n) is 2.10. The summed E-state index contributed by atoms with van der Waals surface area (Å²) in [5.74, 6) is 0.936. The molecular weight excluding hydrogens is 274 g/mol. The van der Waals surface area contributed by atoms with Crippen LogP contribution in [-0.2, 0) is 0 Å². The van der Waals surface area contributed by atoms with Crippen molar-refractivity contribution in [2.75, 3.05) is 5.32 Å². The Labute approximate surface area is 120 Å². The molecule has 19 heavy (non-hydrogen) atoms. The first kappa shape index (κ1) is 12.6. The van der Waals surface area contributed by atoms with E-state index < -0.39 is 0 Å². The van der Waals surface area contributed by atoms with Crippen molar-refractivity contribution in [2.24, 2.45) is 0 Å². The first-order chi connectivity index (χ1) is 9.16. The van der Waals surface area contributed by atoms with Crippen molar-refractivity contribution in [1.29, 1.82) is 0 Å². The van der Waals surface area contributed by atoms with Gasteiger partial charge in [0.05, 0.1) is 11.4 Å². The van der Waals surface area contributed by atoms with Gasteiger partial charge >= 0.3 is 0 Å². The second-order valence-corrected chi connectivity index (χ2v) is 6.59. The third kappa shape index (κ3) is 2.24. The third-order valence-corrected chi connectivity index (χ3v) is 5.18. The highest BCUT2D eigenvalue weighted by molar-refractivity contribution is 7.18. The van der Waals surface area contributed by atoms with Crippen molar-refractivity contribution in [3.8, 4) is 0 Å². The van der Waals surface area contributed by atoms with E-state index in [0.717, 1.165) is 16.0 Å². The number of rotatable bonds is 3. The van der Waals surface area contributed by atoms with Gasteiger partial charge in [-0.3, -0.25) is 0 Å². The number of aryl methyl sites for hydroxylation is 2. The van der Waals surface area contributed by atoms with Crippen LogP contribution in [0.4, 0.5) is 5.82 Å². The van der Waals surface area contributed by atoms with Crippen molar-refractivity contribution in [3.63, 3.8) is 0 Å². The molecule has 0 bridgehead atoms. The number of hydrogen-bond donors (Lipinski definition) is 1. The van der Waals surface area contributed by atoms with E-state index in [2.05, 4.69) is 52.9 Å². The smallest absolute Gasteiger partial charge is 0.138 e. The van der Waals surface area contributed by atoms with E-state index in [4.69, 9.17) is 0 Å². The SMILES string of the molecule is Cc1sc2ncnc(NC(C)c3ccsc3)c2c1C. The molecule has 3 aromatic heterocycles. The number of nitrogens with zero attached hydrogens (tertiary/aromatic N) is 2. The molecule has 0 radical (unpaired) electrons. The monoisotopic (exact) mass is 289 g/mol. The van der Waals surface area contributed by atoms with E-state index in [1.54, 1.807) is 29.0 Å². The Bertz CT molecular complexity index is 701. The molecule has 3 aromatic rings. The number of aromatic nitrogens is 2. The summed E-state index contributed by atoms with van der Waals surface area (Å²) in [6, 6.07) is 2.40. The van der Waals surface area contributed by atoms with Gasteiger partial charge in [-0.25, -0.2) is 9.97 Å². The first-order valence-electron chi connectivity index (χ1n) is 6.16. The summed E-state index contributed by atoms with van der Waals surface area (Å²) in [6.45, 7) is 6.43. The number of thiophene rings is 2. The zero-order valence-electron chi connectivity index (χ0n) is 11.1. The van der Waals surface area contributed by atoms with Crippen LogP contribution >= 0.6 is 22.7 Å². The Kier molecular flexibility index (Phi) is 3.24. The zero-order valence-corrected chi connectivity index (χ0v) is 12.7. The molecule has 0 aliphatic rings. The third-order valence-electron chi connectivity index (χ3n) is 3.36. The minimum Gasteiger partial charge on any atom is -0.363 e. The van der Waals surface area contributed by atoms with Gasteiger partial charge in [0.1, 0.15) is 17.0 Å². The number of nitrogens with one attached hydrogen (secondary N) is 1. The van der Waals surface area contributed by atoms with Gasteiger partial charge in [-0.2, -0.15) is 11.3 Å². The molecule has 98 valence electrons. The van der Waals surface area contributed by atoms with Crippen LogP contribution in [0, 0.1) is 13.8 Å². The Morgan fingerprint density at radius 2 is 2.11 bits per heavy atom. The van der Waals surface area contributed by atoms with E-state index in [1.165, 1.54) is 16.0 Å². The zero-order chi connectivity index (χ0) is 13.4. The molecule has 5 heteroatoms. The van der Waals surface area contributed by atoms with Crippen molar-refractivity contribution in [2.45, 2.75) is 26.8 Å². The van der Waals surface area contributed by atoms with E-state index in [-0.39, 0.29) is 6.04 Å². The molecule has 3 rings (SSSR count). The van der Waals surface area contributed by atoms with Gasteiger partial charge in [0, 0.05) is 4.88 Å². The van der Waals surface area contributed by atoms with Crippen LogP contribution < -0.4 is 5.32 Å². The molecule has 1 unspecified atom stereocenters. The molecule has 0 aliphatic carbocycles. The standard InChI is InChI=1S/C14H15N3S2/c1-8-10(3)19-14-12(8)13(15-7-16-14)17-9(2)11-4-5-18-6-11/h4-7,9H,1-3H3,(H,15,16,17). The molecule has 3 nitrogen and oxygen atoms in total. The van der Waals surface area contributed by atoms with Crippen LogP contribution in [0.2, 0.25) is 0 Å². The van der Waals surface area contributed by atoms with Gasteiger partial charge in [-0.1, -0.05) is 0 Å². The highest BCUT2D eigenvalue weighted by Crippen LogP contribution is 2.33. The predicted octanol–water partition coefficient (Wildman–Crippen LogP) is 4.54. The molecule has 0 aliphatic heterocycles. The van der Waals surface area contributed by atoms with Crippen molar-refractivity contribution >= 4 is 38.7 Å². The molecule has 0 fully saturated rings. The second-order valence-electron chi connectivity index (χ2n) is 4.61. The predicted molar refractivity (Wildman–Crippen MR) is 83.2 cm³/mol. The van der Waals surface area contributed by atoms with E-state index in [0.29, 0.717) is 0 Å². The maximum absolute atomic E-state index is 4.42. The normalized spacial score (nSPS) is 12.8. The molecule has 0 amide bonds. The lowest BCUT2D eigenvalue weighted by Gasteiger charge is -2.14. The minimum absolute atomic E-state index is 0.254. The van der Waals surface area contributed by atoms with E-state index in [9.17, 15) is 0 Å². The highest BCUT2D eigenvalue weighted by atomic mass is 32.1. The fraction of sp³-hybridized carbons (Fsp3) is 0.286. The highest BCUT2D eigenvalue weighted by Gasteiger charge is 2.14. The lowest BCUT2D eigenvalue weighted by Crippen LogP contribution is -2.07. The van der Waals surface area contributed by atoms with E-state index >= 15 is 0 Å². The molecule has 1 N–H and O–H groups in total. The molecule has 0 aromatic carbocycles. The van der Waals surface area contributed by atoms with Crippen LogP contribution in [0.3, 0.4) is 0 Å². The van der Waals surface area contributed by atoms with Crippen LogP contribution in [-0.4, -0.2) is 9.97 Å². The molecule has 0 saturated heterocycles. The van der Waals surface area contributed by atoms with Crippen LogP contribution in [0.5, 0.6) is 0 Å². The van der Waals surface area contributed by atoms with Gasteiger partial charge in [0.15, 0.2) is 0 Å². The topological polar surface area (TPSA) is 37.8 Å². The van der Waals surface area contributed by atoms with Gasteiger partial charge in [-0.15, -0.1) is 11.3 Å². The average molecular weight is 289 g/mol. The number of anilines is 1. The summed E-state index contributed by atoms with van der Waals surface area (Å²) >= 11 is 3.45. The average Bonchev–Trinajstić information content (AvgIpc) is 3.00. The van der Waals surface area contributed by atoms with E-state index in [1.807, 2.05) is 0 Å². The quantitative estimate of drug-likeness (QED) is 0.769. The van der Waals surface area contributed by atoms with Crippen LogP contribution in [0.25, 0.3) is 10.2 Å². The summed E-state index contributed by atoms with van der Waals surface area (Å²) in [5.41, 5.74) is 2.57. The summed E-state index contributed by atoms with van der Waals surface area (Å²) in [7, 11) is 0. The Hall–Kier alpha value is -1.46. The second kappa shape index (κ2) is 4.90. The Balaban J connectivity index is 2.01. The van der Waals surface area contributed by atoms with Gasteiger partial charge < -0.3 is 5.32 Å². The Morgan fingerprint density at radius 3 is 2.84 bits per heavy atom. The summed E-state index contributed by atoms with van der Waals surface area (Å²) in [4.78, 5) is 11.1. The summed E-state index contributed by atoms with van der Waals surface area (Å²) < 4.78 is 0. The van der Waals surface area contributed by atoms with Gasteiger partial charge in [0.2, 0.25) is 0 Å². The molecule has 3 heterocycles. The van der Waals surface area contributed by atoms with Crippen LogP contribution in [0.1, 0.15) is 29.0 Å². The minimum atomic E-state index is 0.254. The van der Waals surface area contributed by atoms with Gasteiger partial charge in [0.25, 0.3) is 0 Å².